The van der Waals surface area contributed by atoms with Gasteiger partial charge in [-0.05, 0) is 70.0 Å². The minimum absolute atomic E-state index is 0.0234. The molecule has 5 aromatic rings. The van der Waals surface area contributed by atoms with Gasteiger partial charge in [-0.1, -0.05) is 75.6 Å². The van der Waals surface area contributed by atoms with Gasteiger partial charge in [-0.15, -0.1) is 5.10 Å². The minimum Gasteiger partial charge on any atom is -0.414 e. The van der Waals surface area contributed by atoms with Crippen molar-refractivity contribution in [3.8, 4) is 23.1 Å². The lowest BCUT2D eigenvalue weighted by atomic mass is 10.2. The van der Waals surface area contributed by atoms with Gasteiger partial charge in [-0.25, -0.2) is 9.55 Å². The van der Waals surface area contributed by atoms with Crippen molar-refractivity contribution in [2.24, 2.45) is 0 Å². The van der Waals surface area contributed by atoms with E-state index in [9.17, 15) is 4.57 Å². The maximum absolute atomic E-state index is 14.7. The van der Waals surface area contributed by atoms with Crippen molar-refractivity contribution in [1.82, 2.24) is 15.2 Å². The Labute approximate surface area is 229 Å². The monoisotopic (exact) mass is 640 g/mol. The Hall–Kier alpha value is -3.46. The lowest BCUT2D eigenvalue weighted by Crippen LogP contribution is -2.18. The highest BCUT2D eigenvalue weighted by Gasteiger charge is 2.42. The molecular formula is C26H19Br2N4O4P. The van der Waals surface area contributed by atoms with Crippen molar-refractivity contribution < 1.29 is 18.0 Å². The highest BCUT2D eigenvalue weighted by Crippen LogP contribution is 2.60. The Morgan fingerprint density at radius 1 is 0.784 bits per heavy atom. The van der Waals surface area contributed by atoms with Crippen molar-refractivity contribution in [2.75, 3.05) is 5.32 Å². The number of pyridine rings is 1. The second-order valence-electron chi connectivity index (χ2n) is 7.71. The molecule has 0 saturated heterocycles. The number of rotatable bonds is 9. The van der Waals surface area contributed by atoms with Gasteiger partial charge in [0.15, 0.2) is 5.78 Å². The van der Waals surface area contributed by atoms with Crippen LogP contribution in [0.4, 0.5) is 6.01 Å². The summed E-state index contributed by atoms with van der Waals surface area (Å²) in [5.74, 6) is -0.0602. The van der Waals surface area contributed by atoms with Gasteiger partial charge >= 0.3 is 13.6 Å². The summed E-state index contributed by atoms with van der Waals surface area (Å²) in [7, 11) is -4.03. The highest BCUT2D eigenvalue weighted by atomic mass is 79.9. The molecule has 0 saturated carbocycles. The molecule has 0 fully saturated rings. The van der Waals surface area contributed by atoms with Crippen LogP contribution in [0.2, 0.25) is 0 Å². The first-order valence-corrected chi connectivity index (χ1v) is 14.3. The van der Waals surface area contributed by atoms with E-state index in [1.165, 1.54) is 0 Å². The highest BCUT2D eigenvalue weighted by molar-refractivity contribution is 9.10. The molecule has 11 heteroatoms. The molecule has 0 amide bonds. The molecule has 1 N–H and O–H groups in total. The summed E-state index contributed by atoms with van der Waals surface area (Å²) in [4.78, 5) is 4.35. The first-order chi connectivity index (χ1) is 18.0. The smallest absolute Gasteiger partial charge is 0.414 e. The van der Waals surface area contributed by atoms with Crippen LogP contribution in [0.3, 0.4) is 0 Å². The average Bonchev–Trinajstić information content (AvgIpc) is 3.37. The number of aromatic nitrogens is 3. The molecule has 2 aromatic heterocycles. The molecule has 3 aromatic carbocycles. The minimum atomic E-state index is -4.03. The Morgan fingerprint density at radius 3 is 2.05 bits per heavy atom. The Bertz CT molecular complexity index is 1490. The summed E-state index contributed by atoms with van der Waals surface area (Å²) in [6, 6.07) is 30.4. The van der Waals surface area contributed by atoms with Crippen LogP contribution in [0.25, 0.3) is 11.6 Å². The third-order valence-corrected chi connectivity index (χ3v) is 7.98. The van der Waals surface area contributed by atoms with Gasteiger partial charge in [0.2, 0.25) is 0 Å². The van der Waals surface area contributed by atoms with Gasteiger partial charge in [0.05, 0.1) is 0 Å². The zero-order valence-corrected chi connectivity index (χ0v) is 23.1. The van der Waals surface area contributed by atoms with Crippen LogP contribution in [-0.4, -0.2) is 15.2 Å². The summed E-state index contributed by atoms with van der Waals surface area (Å²) in [5.41, 5.74) is 1.10. The molecule has 2 heterocycles. The van der Waals surface area contributed by atoms with E-state index in [4.69, 9.17) is 13.5 Å². The fourth-order valence-corrected chi connectivity index (χ4v) is 6.07. The maximum Gasteiger partial charge on any atom is 0.457 e. The first-order valence-electron chi connectivity index (χ1n) is 11.1. The number of nitrogens with zero attached hydrogens (tertiary/aromatic N) is 3. The quantitative estimate of drug-likeness (QED) is 0.127. The summed E-state index contributed by atoms with van der Waals surface area (Å²) in [5, 5.41) is 11.3. The molecule has 1 atom stereocenters. The van der Waals surface area contributed by atoms with Crippen molar-refractivity contribution in [3.05, 3.63) is 118 Å². The molecule has 0 bridgehead atoms. The number of benzene rings is 3. The maximum atomic E-state index is 14.7. The second kappa shape index (κ2) is 11.3. The predicted molar refractivity (Wildman–Crippen MR) is 147 cm³/mol. The van der Waals surface area contributed by atoms with Crippen molar-refractivity contribution in [1.29, 1.82) is 0 Å². The molecule has 0 spiro atoms. The van der Waals surface area contributed by atoms with E-state index in [1.807, 2.05) is 42.5 Å². The second-order valence-corrected chi connectivity index (χ2v) is 11.4. The Balaban J connectivity index is 1.56. The van der Waals surface area contributed by atoms with Crippen LogP contribution >= 0.6 is 39.5 Å². The number of anilines is 1. The van der Waals surface area contributed by atoms with Crippen molar-refractivity contribution in [3.63, 3.8) is 0 Å². The topological polar surface area (TPSA) is 99.4 Å². The van der Waals surface area contributed by atoms with E-state index < -0.39 is 13.4 Å². The average molecular weight is 642 g/mol. The van der Waals surface area contributed by atoms with Gasteiger partial charge in [-0.3, -0.25) is 0 Å². The number of hydrogen-bond donors (Lipinski definition) is 1. The van der Waals surface area contributed by atoms with Gasteiger partial charge in [0.25, 0.3) is 5.89 Å². The van der Waals surface area contributed by atoms with Crippen LogP contribution < -0.4 is 14.4 Å². The molecule has 186 valence electrons. The molecule has 8 nitrogen and oxygen atoms in total. The largest absolute Gasteiger partial charge is 0.457 e. The van der Waals surface area contributed by atoms with Crippen LogP contribution in [0.1, 0.15) is 11.3 Å². The van der Waals surface area contributed by atoms with Gasteiger partial charge < -0.3 is 18.8 Å². The Morgan fingerprint density at radius 2 is 1.43 bits per heavy atom. The molecular weight excluding hydrogens is 623 g/mol. The van der Waals surface area contributed by atoms with Crippen LogP contribution in [0.15, 0.2) is 117 Å². The van der Waals surface area contributed by atoms with E-state index in [1.54, 1.807) is 60.7 Å². The van der Waals surface area contributed by atoms with Crippen molar-refractivity contribution >= 4 is 45.5 Å². The normalized spacial score (nSPS) is 12.1. The third kappa shape index (κ3) is 6.28. The molecule has 1 unspecified atom stereocenters. The summed E-state index contributed by atoms with van der Waals surface area (Å²) >= 11 is 6.84. The Kier molecular flexibility index (Phi) is 7.69. The van der Waals surface area contributed by atoms with Gasteiger partial charge in [0, 0.05) is 4.47 Å². The first kappa shape index (κ1) is 25.2. The zero-order chi connectivity index (χ0) is 25.7. The fraction of sp³-hybridized carbons (Fsp3) is 0.0385. The zero-order valence-electron chi connectivity index (χ0n) is 19.1. The van der Waals surface area contributed by atoms with Crippen LogP contribution in [0.5, 0.6) is 11.5 Å². The number of nitrogens with one attached hydrogen (secondary N) is 1. The van der Waals surface area contributed by atoms with E-state index in [-0.39, 0.29) is 11.9 Å². The van der Waals surface area contributed by atoms with Crippen molar-refractivity contribution in [2.45, 2.75) is 5.78 Å². The molecule has 0 radical (unpaired) electrons. The van der Waals surface area contributed by atoms with Crippen LogP contribution in [0, 0.1) is 0 Å². The third-order valence-electron chi connectivity index (χ3n) is 5.05. The van der Waals surface area contributed by atoms with E-state index in [2.05, 4.69) is 52.4 Å². The molecule has 5 rings (SSSR count). The standard InChI is InChI=1S/C26H19Br2N4O4P/c27-19-10-7-9-18(17-19)25(30-26-32-31-24(34-26)22-15-8-16-23(28)29-22)37(33,35-20-11-3-1-4-12-20)36-21-13-5-2-6-14-21/h1-17,25H,(H,30,32). The fourth-order valence-electron chi connectivity index (χ4n) is 3.43. The van der Waals surface area contributed by atoms with E-state index in [0.717, 1.165) is 4.47 Å². The lowest BCUT2D eigenvalue weighted by molar-refractivity contribution is 0.375. The summed E-state index contributed by atoms with van der Waals surface area (Å²) in [6.07, 6.45) is 0. The molecule has 37 heavy (non-hydrogen) atoms. The predicted octanol–water partition coefficient (Wildman–Crippen LogP) is 8.12. The van der Waals surface area contributed by atoms with Gasteiger partial charge in [-0.2, -0.15) is 0 Å². The summed E-state index contributed by atoms with van der Waals surface area (Å²) in [6.45, 7) is 0. The number of halogens is 2. The van der Waals surface area contributed by atoms with Gasteiger partial charge in [0.1, 0.15) is 21.8 Å². The lowest BCUT2D eigenvalue weighted by Gasteiger charge is -2.28. The van der Waals surface area contributed by atoms with Crippen LogP contribution in [-0.2, 0) is 4.57 Å². The number of hydrogen-bond acceptors (Lipinski definition) is 8. The SMILES string of the molecule is O=P(Oc1ccccc1)(Oc1ccccc1)C(Nc1nnc(-c2cccc(Br)n2)o1)c1cccc(Br)c1. The molecule has 0 aliphatic carbocycles. The number of para-hydroxylation sites is 2. The molecule has 0 aliphatic heterocycles. The van der Waals surface area contributed by atoms with E-state index >= 15 is 0 Å². The summed E-state index contributed by atoms with van der Waals surface area (Å²) < 4.78 is 34.1. The molecule has 0 aliphatic rings. The van der Waals surface area contributed by atoms with E-state index in [0.29, 0.717) is 27.4 Å².